The summed E-state index contributed by atoms with van der Waals surface area (Å²) in [4.78, 5) is 13.1. The molecule has 22 heavy (non-hydrogen) atoms. The molecule has 6 heteroatoms. The van der Waals surface area contributed by atoms with Crippen LogP contribution < -0.4 is 5.73 Å². The highest BCUT2D eigenvalue weighted by Gasteiger charge is 2.21. The Morgan fingerprint density at radius 1 is 1.41 bits per heavy atom. The quantitative estimate of drug-likeness (QED) is 0.677. The van der Waals surface area contributed by atoms with E-state index in [2.05, 4.69) is 6.92 Å². The minimum atomic E-state index is -0.566. The summed E-state index contributed by atoms with van der Waals surface area (Å²) in [6.07, 6.45) is 2.66. The van der Waals surface area contributed by atoms with Crippen LogP contribution in [0.5, 0.6) is 0 Å². The number of rotatable bonds is 5. The molecule has 0 fully saturated rings. The Balaban J connectivity index is 2.44. The van der Waals surface area contributed by atoms with Crippen molar-refractivity contribution in [3.05, 3.63) is 41.7 Å². The topological polar surface area (TPSA) is 81.0 Å². The first-order valence-corrected chi connectivity index (χ1v) is 7.83. The maximum absolute atomic E-state index is 11.9. The zero-order valence-corrected chi connectivity index (χ0v) is 13.3. The fourth-order valence-corrected chi connectivity index (χ4v) is 2.81. The Morgan fingerprint density at radius 2 is 2.09 bits per heavy atom. The lowest BCUT2D eigenvalue weighted by Crippen LogP contribution is -2.11. The Kier molecular flexibility index (Phi) is 5.12. The van der Waals surface area contributed by atoms with Crippen molar-refractivity contribution in [2.24, 2.45) is 0 Å². The van der Waals surface area contributed by atoms with Gasteiger partial charge in [0.05, 0.1) is 18.4 Å². The maximum Gasteiger partial charge on any atom is 0.357 e. The number of benzene rings is 1. The molecule has 0 amide bonds. The van der Waals surface area contributed by atoms with Crippen molar-refractivity contribution in [3.63, 3.8) is 0 Å². The van der Waals surface area contributed by atoms with Gasteiger partial charge in [-0.15, -0.1) is 11.8 Å². The second-order valence-electron chi connectivity index (χ2n) is 4.62. The molecule has 114 valence electrons. The Hall–Kier alpha value is -2.39. The summed E-state index contributed by atoms with van der Waals surface area (Å²) in [7, 11) is 1.29. The number of nitrogens with zero attached hydrogens (tertiary/aromatic N) is 2. The molecule has 0 radical (unpaired) electrons. The summed E-state index contributed by atoms with van der Waals surface area (Å²) < 4.78 is 6.35. The largest absolute Gasteiger partial charge is 0.464 e. The van der Waals surface area contributed by atoms with Gasteiger partial charge in [-0.25, -0.2) is 4.79 Å². The summed E-state index contributed by atoms with van der Waals surface area (Å²) in [6, 6.07) is 9.74. The molecule has 0 saturated heterocycles. The van der Waals surface area contributed by atoms with Crippen LogP contribution in [0.25, 0.3) is 5.69 Å². The van der Waals surface area contributed by atoms with Crippen molar-refractivity contribution >= 4 is 23.4 Å². The number of ether oxygens (including phenoxy) is 1. The van der Waals surface area contributed by atoms with Crippen LogP contribution in [-0.4, -0.2) is 23.4 Å². The highest BCUT2D eigenvalue weighted by molar-refractivity contribution is 7.99. The van der Waals surface area contributed by atoms with Gasteiger partial charge in [-0.3, -0.25) is 0 Å². The second-order valence-corrected chi connectivity index (χ2v) is 5.79. The molecule has 0 bridgehead atoms. The first kappa shape index (κ1) is 16.0. The molecular formula is C16H17N3O2S. The number of nitrogens with two attached hydrogens (primary N) is 1. The van der Waals surface area contributed by atoms with Crippen LogP contribution >= 0.6 is 11.8 Å². The van der Waals surface area contributed by atoms with Crippen LogP contribution in [0.3, 0.4) is 0 Å². The summed E-state index contributed by atoms with van der Waals surface area (Å²) >= 11 is 1.77. The molecule has 0 spiro atoms. The Morgan fingerprint density at radius 3 is 2.64 bits per heavy atom. The van der Waals surface area contributed by atoms with Crippen molar-refractivity contribution in [1.29, 1.82) is 5.26 Å². The van der Waals surface area contributed by atoms with Gasteiger partial charge in [-0.05, 0) is 36.4 Å². The summed E-state index contributed by atoms with van der Waals surface area (Å²) in [5.41, 5.74) is 7.20. The SMILES string of the molecule is CCCSc1ccc(-n2cc(C#N)c(N)c2C(=O)OC)cc1. The highest BCUT2D eigenvalue weighted by atomic mass is 32.2. The highest BCUT2D eigenvalue weighted by Crippen LogP contribution is 2.26. The lowest BCUT2D eigenvalue weighted by atomic mass is 10.2. The van der Waals surface area contributed by atoms with E-state index in [-0.39, 0.29) is 16.9 Å². The summed E-state index contributed by atoms with van der Waals surface area (Å²) in [5, 5.41) is 9.10. The van der Waals surface area contributed by atoms with Crippen LogP contribution in [0.1, 0.15) is 29.4 Å². The predicted octanol–water partition coefficient (Wildman–Crippen LogP) is 3.22. The third kappa shape index (κ3) is 3.10. The number of esters is 1. The molecule has 0 saturated carbocycles. The third-order valence-electron chi connectivity index (χ3n) is 3.13. The molecule has 5 nitrogen and oxygen atoms in total. The number of nitriles is 1. The molecule has 2 rings (SSSR count). The van der Waals surface area contributed by atoms with E-state index in [1.165, 1.54) is 7.11 Å². The van der Waals surface area contributed by atoms with E-state index in [1.807, 2.05) is 30.3 Å². The number of nitrogen functional groups attached to an aromatic ring is 1. The van der Waals surface area contributed by atoms with E-state index in [0.717, 1.165) is 22.8 Å². The molecule has 0 aliphatic rings. The van der Waals surface area contributed by atoms with Crippen LogP contribution in [-0.2, 0) is 4.74 Å². The molecule has 2 N–H and O–H groups in total. The molecule has 0 aliphatic carbocycles. The predicted molar refractivity (Wildman–Crippen MR) is 87.3 cm³/mol. The maximum atomic E-state index is 11.9. The van der Waals surface area contributed by atoms with E-state index < -0.39 is 5.97 Å². The van der Waals surface area contributed by atoms with Crippen LogP contribution in [0, 0.1) is 11.3 Å². The van der Waals surface area contributed by atoms with Crippen LogP contribution in [0.2, 0.25) is 0 Å². The fraction of sp³-hybridized carbons (Fsp3) is 0.250. The molecular weight excluding hydrogens is 298 g/mol. The molecule has 0 atom stereocenters. The van der Waals surface area contributed by atoms with Gasteiger partial charge in [0.25, 0.3) is 0 Å². The average Bonchev–Trinajstić information content (AvgIpc) is 2.89. The summed E-state index contributed by atoms with van der Waals surface area (Å²) in [5.74, 6) is 0.491. The van der Waals surface area contributed by atoms with Gasteiger partial charge in [-0.1, -0.05) is 6.92 Å². The number of thioether (sulfide) groups is 1. The van der Waals surface area contributed by atoms with Crippen LogP contribution in [0.15, 0.2) is 35.4 Å². The molecule has 1 heterocycles. The van der Waals surface area contributed by atoms with Crippen molar-refractivity contribution in [2.75, 3.05) is 18.6 Å². The van der Waals surface area contributed by atoms with Gasteiger partial charge >= 0.3 is 5.97 Å². The van der Waals surface area contributed by atoms with E-state index >= 15 is 0 Å². The average molecular weight is 315 g/mol. The van der Waals surface area contributed by atoms with Gasteiger partial charge in [-0.2, -0.15) is 5.26 Å². The lowest BCUT2D eigenvalue weighted by Gasteiger charge is -2.09. The number of hydrogen-bond donors (Lipinski definition) is 1. The minimum Gasteiger partial charge on any atom is -0.464 e. The van der Waals surface area contributed by atoms with Gasteiger partial charge in [0.15, 0.2) is 5.69 Å². The number of hydrogen-bond acceptors (Lipinski definition) is 5. The Labute approximate surface area is 133 Å². The van der Waals surface area contributed by atoms with Gasteiger partial charge in [0.2, 0.25) is 0 Å². The molecule has 0 aliphatic heterocycles. The van der Waals surface area contributed by atoms with Gasteiger partial charge < -0.3 is 15.0 Å². The fourth-order valence-electron chi connectivity index (χ4n) is 2.04. The second kappa shape index (κ2) is 7.05. The van der Waals surface area contributed by atoms with Crippen molar-refractivity contribution in [1.82, 2.24) is 4.57 Å². The summed E-state index contributed by atoms with van der Waals surface area (Å²) in [6.45, 7) is 2.13. The van der Waals surface area contributed by atoms with E-state index in [1.54, 1.807) is 22.5 Å². The third-order valence-corrected chi connectivity index (χ3v) is 4.35. The Bertz CT molecular complexity index is 714. The number of methoxy groups -OCH3 is 1. The standard InChI is InChI=1S/C16H17N3O2S/c1-3-8-22-13-6-4-12(5-7-13)19-10-11(9-17)14(18)15(19)16(20)21-2/h4-7,10H,3,8,18H2,1-2H3. The molecule has 0 unspecified atom stereocenters. The molecule has 1 aromatic carbocycles. The number of carbonyl (C=O) groups is 1. The van der Waals surface area contributed by atoms with Gasteiger partial charge in [0.1, 0.15) is 6.07 Å². The smallest absolute Gasteiger partial charge is 0.357 e. The number of carbonyl (C=O) groups excluding carboxylic acids is 1. The van der Waals surface area contributed by atoms with Crippen molar-refractivity contribution < 1.29 is 9.53 Å². The molecule has 1 aromatic heterocycles. The lowest BCUT2D eigenvalue weighted by molar-refractivity contribution is 0.0593. The van der Waals surface area contributed by atoms with E-state index in [0.29, 0.717) is 0 Å². The molecule has 2 aromatic rings. The number of anilines is 1. The number of aromatic nitrogens is 1. The minimum absolute atomic E-state index is 0.138. The normalized spacial score (nSPS) is 10.2. The zero-order valence-electron chi connectivity index (χ0n) is 12.5. The van der Waals surface area contributed by atoms with E-state index in [4.69, 9.17) is 15.7 Å². The van der Waals surface area contributed by atoms with Gasteiger partial charge in [0, 0.05) is 16.8 Å². The zero-order chi connectivity index (χ0) is 16.1. The van der Waals surface area contributed by atoms with Crippen molar-refractivity contribution in [3.8, 4) is 11.8 Å². The first-order valence-electron chi connectivity index (χ1n) is 6.84. The van der Waals surface area contributed by atoms with Crippen LogP contribution in [0.4, 0.5) is 5.69 Å². The first-order chi connectivity index (χ1) is 10.6. The monoisotopic (exact) mass is 315 g/mol. The van der Waals surface area contributed by atoms with E-state index in [9.17, 15) is 4.79 Å². The van der Waals surface area contributed by atoms with Crippen molar-refractivity contribution in [2.45, 2.75) is 18.2 Å².